The summed E-state index contributed by atoms with van der Waals surface area (Å²) in [5.41, 5.74) is -1.24. The Balaban J connectivity index is 1.43. The van der Waals surface area contributed by atoms with Crippen LogP contribution in [0.15, 0.2) is 72.8 Å². The maximum absolute atomic E-state index is 13.5. The Hall–Kier alpha value is -5.14. The van der Waals surface area contributed by atoms with Crippen molar-refractivity contribution in [2.45, 2.75) is 62.9 Å². The molecule has 48 heavy (non-hydrogen) atoms. The molecule has 0 saturated carbocycles. The highest BCUT2D eigenvalue weighted by Gasteiger charge is 2.78. The van der Waals surface area contributed by atoms with Gasteiger partial charge in [-0.2, -0.15) is 0 Å². The lowest BCUT2D eigenvalue weighted by atomic mass is 9.69. The van der Waals surface area contributed by atoms with Crippen LogP contribution in [0.2, 0.25) is 0 Å². The highest BCUT2D eigenvalue weighted by Crippen LogP contribution is 2.59. The van der Waals surface area contributed by atoms with Gasteiger partial charge in [0.1, 0.15) is 48.9 Å². The van der Waals surface area contributed by atoms with Crippen LogP contribution in [0.3, 0.4) is 0 Å². The van der Waals surface area contributed by atoms with Crippen molar-refractivity contribution in [3.63, 3.8) is 0 Å². The van der Waals surface area contributed by atoms with Gasteiger partial charge in [0.25, 0.3) is 0 Å². The Morgan fingerprint density at radius 3 is 2.23 bits per heavy atom. The highest BCUT2D eigenvalue weighted by molar-refractivity contribution is 5.94. The van der Waals surface area contributed by atoms with Crippen molar-refractivity contribution in [1.82, 2.24) is 4.90 Å². The molecule has 0 spiro atoms. The lowest BCUT2D eigenvalue weighted by Gasteiger charge is -2.52. The first-order chi connectivity index (χ1) is 22.9. The van der Waals surface area contributed by atoms with Gasteiger partial charge in [0.05, 0.1) is 30.9 Å². The van der Waals surface area contributed by atoms with Gasteiger partial charge in [-0.15, -0.1) is 0 Å². The van der Waals surface area contributed by atoms with Crippen LogP contribution in [0.25, 0.3) is 0 Å². The lowest BCUT2D eigenvalue weighted by Crippen LogP contribution is -2.69. The molecule has 0 aliphatic carbocycles. The molecule has 1 N–H and O–H groups in total. The van der Waals surface area contributed by atoms with Crippen LogP contribution in [-0.4, -0.2) is 78.2 Å². The number of amides is 1. The summed E-state index contributed by atoms with van der Waals surface area (Å²) in [7, 11) is 1.22. The zero-order chi connectivity index (χ0) is 34.3. The zero-order valence-corrected chi connectivity index (χ0v) is 26.9. The SMILES string of the molecule is COC(=O)c1cc(OCc2ccccc2)c2c(c1)N1C[C@H]3[C@H](N3C(=O)OC(C)(C)C)[C@@](O)(O1)[C@@]2(C=O)COC(=O)OCc1ccccc1. The number of carbonyl (C=O) groups excluding carboxylic acids is 4. The summed E-state index contributed by atoms with van der Waals surface area (Å²) in [5, 5.41) is 13.8. The van der Waals surface area contributed by atoms with Crippen molar-refractivity contribution in [2.75, 3.05) is 25.3 Å². The van der Waals surface area contributed by atoms with Crippen LogP contribution in [0.1, 0.15) is 47.8 Å². The van der Waals surface area contributed by atoms with E-state index in [1.807, 2.05) is 36.4 Å². The number of aldehydes is 1. The first kappa shape index (κ1) is 32.8. The van der Waals surface area contributed by atoms with Crippen molar-refractivity contribution in [2.24, 2.45) is 0 Å². The molecule has 3 aromatic carbocycles. The normalized spacial score (nSPS) is 23.6. The Bertz CT molecular complexity index is 1710. The number of hydrogen-bond acceptors (Lipinski definition) is 12. The number of ether oxygens (including phenoxy) is 5. The summed E-state index contributed by atoms with van der Waals surface area (Å²) in [6.07, 6.45) is -1.43. The number of nitrogens with zero attached hydrogens (tertiary/aromatic N) is 2. The first-order valence-electron chi connectivity index (χ1n) is 15.3. The van der Waals surface area contributed by atoms with Gasteiger partial charge in [-0.25, -0.2) is 24.3 Å². The standard InChI is InChI=1S/C35H36N2O11/c1-33(2,3)47-31(40)37-26-17-36-25-15-24(30(39)43-4)16-27(44-18-22-11-7-5-8-12-22)28(25)34(20-38,35(42,48-36)29(26)37)21-46-32(41)45-19-23-13-9-6-10-14-23/h5-16,20,26,29,42H,17-19,21H2,1-4H3/t26-,29-,34-,35+,37?/m0/s1. The predicted octanol–water partition coefficient (Wildman–Crippen LogP) is 4.28. The molecule has 1 amide bonds. The third-order valence-electron chi connectivity index (χ3n) is 8.45. The van der Waals surface area contributed by atoms with Crippen LogP contribution >= 0.6 is 0 Å². The molecule has 2 fully saturated rings. The van der Waals surface area contributed by atoms with E-state index in [4.69, 9.17) is 28.5 Å². The smallest absolute Gasteiger partial charge is 0.488 e. The molecule has 3 heterocycles. The molecule has 6 rings (SSSR count). The number of hydrogen-bond donors (Lipinski definition) is 1. The second-order valence-corrected chi connectivity index (χ2v) is 12.8. The second kappa shape index (κ2) is 12.5. The minimum absolute atomic E-state index is 0.0161. The molecule has 2 saturated heterocycles. The van der Waals surface area contributed by atoms with Crippen molar-refractivity contribution < 1.29 is 52.8 Å². The molecule has 0 unspecified atom stereocenters. The zero-order valence-electron chi connectivity index (χ0n) is 26.9. The molecule has 252 valence electrons. The van der Waals surface area contributed by atoms with Gasteiger partial charge in [-0.3, -0.25) is 4.90 Å². The summed E-state index contributed by atoms with van der Waals surface area (Å²) in [4.78, 5) is 60.0. The number of rotatable bonds is 9. The lowest BCUT2D eigenvalue weighted by molar-refractivity contribution is -0.271. The van der Waals surface area contributed by atoms with Crippen LogP contribution in [0.5, 0.6) is 5.75 Å². The van der Waals surface area contributed by atoms with E-state index in [1.54, 1.807) is 45.0 Å². The average molecular weight is 661 g/mol. The highest BCUT2D eigenvalue weighted by atomic mass is 16.8. The number of methoxy groups -OCH3 is 1. The van der Waals surface area contributed by atoms with Crippen LogP contribution < -0.4 is 9.80 Å². The molecule has 3 aliphatic heterocycles. The summed E-state index contributed by atoms with van der Waals surface area (Å²) in [6.45, 7) is 4.30. The number of carbonyl (C=O) groups is 4. The Morgan fingerprint density at radius 1 is 0.979 bits per heavy atom. The number of anilines is 1. The average Bonchev–Trinajstić information content (AvgIpc) is 3.82. The van der Waals surface area contributed by atoms with Crippen molar-refractivity contribution in [3.8, 4) is 5.75 Å². The summed E-state index contributed by atoms with van der Waals surface area (Å²) in [5.74, 6) is -3.14. The van der Waals surface area contributed by atoms with Gasteiger partial charge in [0.2, 0.25) is 5.79 Å². The maximum atomic E-state index is 13.5. The number of aliphatic hydroxyl groups is 1. The van der Waals surface area contributed by atoms with Gasteiger partial charge >= 0.3 is 18.2 Å². The van der Waals surface area contributed by atoms with Crippen LogP contribution in [-0.2, 0) is 47.2 Å². The number of hydroxylamine groups is 1. The van der Waals surface area contributed by atoms with Gasteiger partial charge in [-0.1, -0.05) is 60.7 Å². The van der Waals surface area contributed by atoms with Crippen LogP contribution in [0.4, 0.5) is 15.3 Å². The monoisotopic (exact) mass is 660 g/mol. The van der Waals surface area contributed by atoms with Gasteiger partial charge < -0.3 is 33.6 Å². The maximum Gasteiger partial charge on any atom is 0.508 e. The molecule has 0 aromatic heterocycles. The van der Waals surface area contributed by atoms with E-state index in [1.165, 1.54) is 29.2 Å². The third-order valence-corrected chi connectivity index (χ3v) is 8.45. The topological polar surface area (TPSA) is 150 Å². The van der Waals surface area contributed by atoms with E-state index in [9.17, 15) is 24.3 Å². The predicted molar refractivity (Wildman–Crippen MR) is 168 cm³/mol. The van der Waals surface area contributed by atoms with Gasteiger partial charge in [0.15, 0.2) is 0 Å². The van der Waals surface area contributed by atoms with Crippen molar-refractivity contribution >= 4 is 30.2 Å². The first-order valence-corrected chi connectivity index (χ1v) is 15.3. The summed E-state index contributed by atoms with van der Waals surface area (Å²) < 4.78 is 27.7. The fraction of sp³-hybridized carbons (Fsp3) is 0.371. The van der Waals surface area contributed by atoms with E-state index in [-0.39, 0.29) is 42.3 Å². The van der Waals surface area contributed by atoms with Gasteiger partial charge in [0, 0.05) is 5.56 Å². The van der Waals surface area contributed by atoms with Gasteiger partial charge in [-0.05, 0) is 44.0 Å². The molecule has 3 aromatic rings. The molecular formula is C35H36N2O11. The largest absolute Gasteiger partial charge is 0.508 e. The van der Waals surface area contributed by atoms with Crippen LogP contribution in [0, 0.1) is 0 Å². The molecule has 13 nitrogen and oxygen atoms in total. The Morgan fingerprint density at radius 2 is 1.62 bits per heavy atom. The second-order valence-electron chi connectivity index (χ2n) is 12.8. The molecule has 13 heteroatoms. The van der Waals surface area contributed by atoms with Crippen molar-refractivity contribution in [3.05, 3.63) is 95.1 Å². The Labute approximate surface area is 276 Å². The van der Waals surface area contributed by atoms with E-state index in [2.05, 4.69) is 0 Å². The third kappa shape index (κ3) is 5.90. The molecule has 0 radical (unpaired) electrons. The molecular weight excluding hydrogens is 624 g/mol. The minimum Gasteiger partial charge on any atom is -0.488 e. The Kier molecular flexibility index (Phi) is 8.52. The van der Waals surface area contributed by atoms with E-state index in [0.717, 1.165) is 5.56 Å². The number of fused-ring (bicyclic) bond motifs is 6. The number of esters is 1. The van der Waals surface area contributed by atoms with E-state index >= 15 is 0 Å². The minimum atomic E-state index is -2.47. The molecule has 4 atom stereocenters. The molecule has 2 bridgehead atoms. The van der Waals surface area contributed by atoms with E-state index < -0.39 is 53.7 Å². The van der Waals surface area contributed by atoms with Crippen molar-refractivity contribution in [1.29, 1.82) is 0 Å². The quantitative estimate of drug-likeness (QED) is 0.151. The summed E-state index contributed by atoms with van der Waals surface area (Å²) >= 11 is 0. The summed E-state index contributed by atoms with van der Waals surface area (Å²) in [6, 6.07) is 19.2. The van der Waals surface area contributed by atoms with E-state index in [0.29, 0.717) is 11.8 Å². The molecule has 3 aliphatic rings. The number of benzene rings is 3. The fourth-order valence-electron chi connectivity index (χ4n) is 6.20. The fourth-order valence-corrected chi connectivity index (χ4v) is 6.20.